The van der Waals surface area contributed by atoms with Gasteiger partial charge < -0.3 is 19.7 Å². The summed E-state index contributed by atoms with van der Waals surface area (Å²) in [5.41, 5.74) is 2.83. The predicted molar refractivity (Wildman–Crippen MR) is 112 cm³/mol. The summed E-state index contributed by atoms with van der Waals surface area (Å²) in [6.45, 7) is 0.407. The van der Waals surface area contributed by atoms with Gasteiger partial charge in [0.1, 0.15) is 5.82 Å². The first-order valence-corrected chi connectivity index (χ1v) is 9.46. The highest BCUT2D eigenvalue weighted by Gasteiger charge is 2.20. The summed E-state index contributed by atoms with van der Waals surface area (Å²) in [5.74, 6) is -1.73. The number of hydrogen-bond donors (Lipinski definition) is 2. The van der Waals surface area contributed by atoms with E-state index in [0.717, 1.165) is 11.3 Å². The number of hydrogen-bond acceptors (Lipinski definition) is 4. The molecule has 3 aromatic rings. The molecule has 2 aromatic carbocycles. The van der Waals surface area contributed by atoms with Crippen molar-refractivity contribution in [1.29, 1.82) is 0 Å². The summed E-state index contributed by atoms with van der Waals surface area (Å²) in [4.78, 5) is 13.3. The minimum absolute atomic E-state index is 0.219. The molecule has 0 unspecified atom stereocenters. The summed E-state index contributed by atoms with van der Waals surface area (Å²) < 4.78 is 16.5. The Bertz CT molecular complexity index is 1070. The first-order chi connectivity index (χ1) is 13.8. The molecule has 152 valence electrons. The smallest absolute Gasteiger partial charge is 0.309 e. The van der Waals surface area contributed by atoms with Crippen molar-refractivity contribution >= 4 is 23.9 Å². The first-order valence-electron chi connectivity index (χ1n) is 9.05. The molecule has 0 aliphatic rings. The Morgan fingerprint density at radius 1 is 1.10 bits per heavy atom. The van der Waals surface area contributed by atoms with E-state index in [4.69, 9.17) is 12.2 Å². The zero-order chi connectivity index (χ0) is 21.1. The molecular weight excluding hydrogens is 393 g/mol. The van der Waals surface area contributed by atoms with Crippen molar-refractivity contribution in [1.82, 2.24) is 9.13 Å². The van der Waals surface area contributed by atoms with Gasteiger partial charge in [0.2, 0.25) is 5.88 Å². The number of carboxylic acid groups (broad SMARTS) is 1. The van der Waals surface area contributed by atoms with Crippen molar-refractivity contribution < 1.29 is 19.4 Å². The standard InChI is InChI=1S/C21H22FN3O3S/c1-23(2)16-7-3-14(4-8-16)11-12-24-18(13-19(26)27)20(28)25(21(24)29)17-9-5-15(22)6-10-17/h3-10,28H,11-13H2,1-2H3,(H,26,27). The highest BCUT2D eigenvalue weighted by atomic mass is 32.1. The van der Waals surface area contributed by atoms with Gasteiger partial charge in [-0.3, -0.25) is 9.36 Å². The molecule has 0 radical (unpaired) electrons. The van der Waals surface area contributed by atoms with Gasteiger partial charge in [-0.25, -0.2) is 4.39 Å². The van der Waals surface area contributed by atoms with E-state index in [2.05, 4.69) is 0 Å². The number of imidazole rings is 1. The lowest BCUT2D eigenvalue weighted by atomic mass is 10.1. The largest absolute Gasteiger partial charge is 0.493 e. The molecule has 29 heavy (non-hydrogen) atoms. The Balaban J connectivity index is 1.96. The molecule has 3 rings (SSSR count). The monoisotopic (exact) mass is 415 g/mol. The van der Waals surface area contributed by atoms with Crippen LogP contribution in [0.25, 0.3) is 5.69 Å². The van der Waals surface area contributed by atoms with Crippen molar-refractivity contribution in [2.24, 2.45) is 0 Å². The number of halogens is 1. The number of aliphatic carboxylic acids is 1. The third-order valence-electron chi connectivity index (χ3n) is 4.70. The Labute approximate surface area is 173 Å². The number of nitrogens with zero attached hydrogens (tertiary/aromatic N) is 3. The predicted octanol–water partition coefficient (Wildman–Crippen LogP) is 3.79. The second-order valence-electron chi connectivity index (χ2n) is 6.90. The van der Waals surface area contributed by atoms with Crippen LogP contribution >= 0.6 is 12.2 Å². The van der Waals surface area contributed by atoms with Crippen molar-refractivity contribution in [2.75, 3.05) is 19.0 Å². The van der Waals surface area contributed by atoms with Crippen LogP contribution in [0.1, 0.15) is 11.3 Å². The van der Waals surface area contributed by atoms with Crippen LogP contribution in [0.15, 0.2) is 48.5 Å². The highest BCUT2D eigenvalue weighted by Crippen LogP contribution is 2.27. The summed E-state index contributed by atoms with van der Waals surface area (Å²) >= 11 is 5.51. The lowest BCUT2D eigenvalue weighted by Crippen LogP contribution is -2.11. The molecule has 6 nitrogen and oxygen atoms in total. The van der Waals surface area contributed by atoms with Gasteiger partial charge in [-0.05, 0) is 60.6 Å². The maximum absolute atomic E-state index is 13.3. The minimum atomic E-state index is -1.07. The maximum Gasteiger partial charge on any atom is 0.309 e. The van der Waals surface area contributed by atoms with Crippen LogP contribution in [0, 0.1) is 10.6 Å². The Morgan fingerprint density at radius 3 is 2.28 bits per heavy atom. The Hall–Kier alpha value is -3.13. The van der Waals surface area contributed by atoms with Gasteiger partial charge >= 0.3 is 5.97 Å². The normalized spacial score (nSPS) is 10.9. The Morgan fingerprint density at radius 2 is 1.72 bits per heavy atom. The van der Waals surface area contributed by atoms with Gasteiger partial charge in [0.05, 0.1) is 17.8 Å². The number of benzene rings is 2. The number of rotatable bonds is 7. The van der Waals surface area contributed by atoms with Gasteiger partial charge in [-0.15, -0.1) is 0 Å². The fourth-order valence-corrected chi connectivity index (χ4v) is 3.54. The average Bonchev–Trinajstić information content (AvgIpc) is 2.90. The zero-order valence-corrected chi connectivity index (χ0v) is 17.0. The third kappa shape index (κ3) is 4.48. The molecule has 0 fully saturated rings. The van der Waals surface area contributed by atoms with Gasteiger partial charge in [-0.1, -0.05) is 12.1 Å². The second-order valence-corrected chi connectivity index (χ2v) is 7.26. The zero-order valence-electron chi connectivity index (χ0n) is 16.2. The van der Waals surface area contributed by atoms with Crippen molar-refractivity contribution in [3.8, 4) is 11.6 Å². The van der Waals surface area contributed by atoms with E-state index >= 15 is 0 Å². The molecular formula is C21H22FN3O3S. The van der Waals surface area contributed by atoms with Crippen molar-refractivity contribution in [3.63, 3.8) is 0 Å². The topological polar surface area (TPSA) is 70.6 Å². The van der Waals surface area contributed by atoms with Crippen LogP contribution in [-0.4, -0.2) is 39.4 Å². The van der Waals surface area contributed by atoms with Gasteiger partial charge in [0.15, 0.2) is 4.77 Å². The summed E-state index contributed by atoms with van der Waals surface area (Å²) in [6, 6.07) is 13.5. The molecule has 0 saturated carbocycles. The van der Waals surface area contributed by atoms with E-state index in [0.29, 0.717) is 18.7 Å². The Kier molecular flexibility index (Phi) is 6.03. The number of carboxylic acids is 1. The minimum Gasteiger partial charge on any atom is -0.493 e. The van der Waals surface area contributed by atoms with E-state index in [9.17, 15) is 19.4 Å². The van der Waals surface area contributed by atoms with Crippen molar-refractivity contribution in [2.45, 2.75) is 19.4 Å². The first kappa shape index (κ1) is 20.6. The van der Waals surface area contributed by atoms with Gasteiger partial charge in [0, 0.05) is 26.3 Å². The van der Waals surface area contributed by atoms with Gasteiger partial charge in [-0.2, -0.15) is 0 Å². The molecule has 0 aliphatic carbocycles. The van der Waals surface area contributed by atoms with E-state index < -0.39 is 11.8 Å². The van der Waals surface area contributed by atoms with Crippen LogP contribution < -0.4 is 4.90 Å². The molecule has 8 heteroatoms. The van der Waals surface area contributed by atoms with E-state index in [1.165, 1.54) is 28.8 Å². The second kappa shape index (κ2) is 8.48. The number of aromatic hydroxyl groups is 1. The lowest BCUT2D eigenvalue weighted by molar-refractivity contribution is -0.136. The molecule has 2 N–H and O–H groups in total. The fourth-order valence-electron chi connectivity index (χ4n) is 3.15. The van der Waals surface area contributed by atoms with Crippen LogP contribution in [0.3, 0.4) is 0 Å². The molecule has 0 saturated heterocycles. The van der Waals surface area contributed by atoms with E-state index in [1.54, 1.807) is 4.57 Å². The SMILES string of the molecule is CN(C)c1ccc(CCn2c(CC(=O)O)c(O)n(-c3ccc(F)cc3)c2=S)cc1. The molecule has 0 aliphatic heterocycles. The van der Waals surface area contributed by atoms with Crippen LogP contribution in [-0.2, 0) is 24.2 Å². The molecule has 0 amide bonds. The fraction of sp³-hybridized carbons (Fsp3) is 0.238. The molecule has 1 heterocycles. The third-order valence-corrected chi connectivity index (χ3v) is 5.10. The number of carbonyl (C=O) groups is 1. The van der Waals surface area contributed by atoms with Crippen molar-refractivity contribution in [3.05, 3.63) is 70.4 Å². The number of aryl methyl sites for hydroxylation is 1. The summed E-state index contributed by atoms with van der Waals surface area (Å²) in [6.07, 6.45) is 0.241. The van der Waals surface area contributed by atoms with Crippen LogP contribution in [0.5, 0.6) is 5.88 Å². The maximum atomic E-state index is 13.3. The summed E-state index contributed by atoms with van der Waals surface area (Å²) in [7, 11) is 3.93. The van der Waals surface area contributed by atoms with Crippen LogP contribution in [0.2, 0.25) is 0 Å². The average molecular weight is 415 g/mol. The van der Waals surface area contributed by atoms with E-state index in [1.807, 2.05) is 43.3 Å². The molecule has 0 spiro atoms. The lowest BCUT2D eigenvalue weighted by Gasteiger charge is -2.13. The van der Waals surface area contributed by atoms with Gasteiger partial charge in [0.25, 0.3) is 0 Å². The molecule has 0 bridgehead atoms. The molecule has 1 aromatic heterocycles. The number of aromatic nitrogens is 2. The van der Waals surface area contributed by atoms with E-state index in [-0.39, 0.29) is 22.8 Å². The van der Waals surface area contributed by atoms with Crippen LogP contribution in [0.4, 0.5) is 10.1 Å². The summed E-state index contributed by atoms with van der Waals surface area (Å²) in [5, 5.41) is 19.9. The quantitative estimate of drug-likeness (QED) is 0.575. The number of anilines is 1. The molecule has 0 atom stereocenters. The highest BCUT2D eigenvalue weighted by molar-refractivity contribution is 7.71.